The standard InChI is InChI=1S/C21H14FNO2.ClHO4/c22-15-6-8-16(9-7-15)23-19-13-21(14-4-2-1-3-5-14)25-20-11-10-17(24)12-18(19)20;2-1(3,4)5/h1-13,24H;(H,2,3,4,5). The van der Waals surface area contributed by atoms with Crippen LogP contribution in [0.25, 0.3) is 22.3 Å². The normalized spacial score (nSPS) is 11.8. The molecule has 154 valence electrons. The maximum atomic E-state index is 13.1. The van der Waals surface area contributed by atoms with Crippen molar-refractivity contribution in [3.05, 3.63) is 90.0 Å². The third kappa shape index (κ3) is 6.11. The average Bonchev–Trinajstić information content (AvgIpc) is 2.69. The zero-order chi connectivity index (χ0) is 21.7. The molecule has 0 aliphatic carbocycles. The summed E-state index contributed by atoms with van der Waals surface area (Å²) in [5.41, 5.74) is 2.33. The van der Waals surface area contributed by atoms with E-state index in [2.05, 4.69) is 4.99 Å². The Morgan fingerprint density at radius 3 is 2.10 bits per heavy atom. The van der Waals surface area contributed by atoms with Gasteiger partial charge in [-0.05, 0) is 30.3 Å². The fourth-order valence-corrected chi connectivity index (χ4v) is 2.71. The van der Waals surface area contributed by atoms with Gasteiger partial charge in [-0.3, -0.25) is 0 Å². The van der Waals surface area contributed by atoms with E-state index < -0.39 is 10.2 Å². The maximum Gasteiger partial charge on any atom is 0.218 e. The Hall–Kier alpha value is -3.27. The second-order valence-corrected chi connectivity index (χ2v) is 6.84. The molecular formula is C21H15ClFNO6. The molecule has 0 radical (unpaired) electrons. The summed E-state index contributed by atoms with van der Waals surface area (Å²) in [6, 6.07) is 22.7. The summed E-state index contributed by atoms with van der Waals surface area (Å²) in [5, 5.41) is 11.3. The van der Waals surface area contributed by atoms with Gasteiger partial charge in [0.05, 0.1) is 11.5 Å². The van der Waals surface area contributed by atoms with Gasteiger partial charge in [-0.15, -0.1) is 10.2 Å². The van der Waals surface area contributed by atoms with Crippen molar-refractivity contribution >= 4 is 16.7 Å². The van der Waals surface area contributed by atoms with E-state index in [-0.39, 0.29) is 11.6 Å². The quantitative estimate of drug-likeness (QED) is 0.396. The summed E-state index contributed by atoms with van der Waals surface area (Å²) in [7, 11) is -4.94. The fourth-order valence-electron chi connectivity index (χ4n) is 2.71. The molecule has 0 aliphatic heterocycles. The Morgan fingerprint density at radius 1 is 0.833 bits per heavy atom. The summed E-state index contributed by atoms with van der Waals surface area (Å²) in [4.78, 5) is 3.27. The molecule has 0 unspecified atom stereocenters. The lowest BCUT2D eigenvalue weighted by molar-refractivity contribution is -2.00. The minimum absolute atomic E-state index is 0.150. The number of hydrogen-bond acceptors (Lipinski definition) is 6. The molecule has 4 aromatic rings. The Morgan fingerprint density at radius 2 is 1.47 bits per heavy atom. The lowest BCUT2D eigenvalue weighted by Gasteiger charge is -2.17. The second kappa shape index (κ2) is 9.04. The van der Waals surface area contributed by atoms with Crippen LogP contribution in [-0.4, -0.2) is 5.11 Å². The second-order valence-electron chi connectivity index (χ2n) is 6.08. The first-order valence-electron chi connectivity index (χ1n) is 8.49. The van der Waals surface area contributed by atoms with Crippen molar-refractivity contribution in [1.29, 1.82) is 0 Å². The molecule has 0 aliphatic rings. The number of benzene rings is 3. The van der Waals surface area contributed by atoms with Gasteiger partial charge in [-0.1, -0.05) is 30.3 Å². The molecule has 0 bridgehead atoms. The van der Waals surface area contributed by atoms with Gasteiger partial charge in [0.1, 0.15) is 22.9 Å². The number of hydrogen-bond donors (Lipinski definition) is 2. The molecule has 0 amide bonds. The molecule has 1 heterocycles. The van der Waals surface area contributed by atoms with Gasteiger partial charge < -0.3 is 9.52 Å². The smallest absolute Gasteiger partial charge is 0.218 e. The summed E-state index contributed by atoms with van der Waals surface area (Å²) < 4.78 is 53.1. The number of nitrogens with one attached hydrogen (secondary N) is 1. The van der Waals surface area contributed by atoms with E-state index in [4.69, 9.17) is 23.1 Å². The van der Waals surface area contributed by atoms with Gasteiger partial charge in [0.2, 0.25) is 11.0 Å². The van der Waals surface area contributed by atoms with E-state index in [1.54, 1.807) is 30.3 Å². The van der Waals surface area contributed by atoms with Crippen LogP contribution in [0.1, 0.15) is 0 Å². The summed E-state index contributed by atoms with van der Waals surface area (Å²) in [5.74, 6) is 0.557. The predicted octanol–water partition coefficient (Wildman–Crippen LogP) is -1.50. The van der Waals surface area contributed by atoms with Gasteiger partial charge in [-0.2, -0.15) is 0 Å². The van der Waals surface area contributed by atoms with Crippen molar-refractivity contribution in [2.24, 2.45) is 0 Å². The maximum absolute atomic E-state index is 13.1. The minimum atomic E-state index is -4.94. The van der Waals surface area contributed by atoms with Gasteiger partial charge in [0.25, 0.3) is 0 Å². The van der Waals surface area contributed by atoms with Crippen LogP contribution in [0, 0.1) is 16.1 Å². The molecule has 0 saturated carbocycles. The topological polar surface area (TPSA) is 140 Å². The van der Waals surface area contributed by atoms with Crippen molar-refractivity contribution in [2.75, 3.05) is 0 Å². The van der Waals surface area contributed by atoms with E-state index in [9.17, 15) is 9.50 Å². The number of fused-ring (bicyclic) bond motifs is 1. The van der Waals surface area contributed by atoms with Crippen LogP contribution in [-0.2, 0) is 0 Å². The van der Waals surface area contributed by atoms with Crippen molar-refractivity contribution < 1.29 is 47.8 Å². The van der Waals surface area contributed by atoms with Crippen molar-refractivity contribution in [2.45, 2.75) is 0 Å². The molecule has 2 N–H and O–H groups in total. The molecule has 4 rings (SSSR count). The third-order valence-electron chi connectivity index (χ3n) is 3.93. The first-order chi connectivity index (χ1) is 14.2. The lowest BCUT2D eigenvalue weighted by Crippen LogP contribution is -2.70. The van der Waals surface area contributed by atoms with Crippen molar-refractivity contribution in [3.8, 4) is 17.1 Å². The van der Waals surface area contributed by atoms with E-state index in [1.165, 1.54) is 12.1 Å². The molecule has 7 nitrogen and oxygen atoms in total. The summed E-state index contributed by atoms with van der Waals surface area (Å²) in [6.07, 6.45) is 0. The van der Waals surface area contributed by atoms with Crippen molar-refractivity contribution in [3.63, 3.8) is 0 Å². The van der Waals surface area contributed by atoms with Crippen LogP contribution < -0.4 is 29.0 Å². The first-order valence-corrected chi connectivity index (χ1v) is 9.72. The molecule has 1 aromatic heterocycles. The van der Waals surface area contributed by atoms with Gasteiger partial charge in [-0.25, -0.2) is 28.0 Å². The van der Waals surface area contributed by atoms with E-state index in [1.807, 2.05) is 36.4 Å². The average molecular weight is 432 g/mol. The van der Waals surface area contributed by atoms with Crippen LogP contribution in [0.4, 0.5) is 10.1 Å². The van der Waals surface area contributed by atoms with Crippen molar-refractivity contribution in [1.82, 2.24) is 0 Å². The number of phenols is 1. The monoisotopic (exact) mass is 431 g/mol. The Kier molecular flexibility index (Phi) is 6.46. The lowest BCUT2D eigenvalue weighted by atomic mass is 10.1. The Labute approximate surface area is 172 Å². The SMILES string of the molecule is Oc1ccc2oc(-c3ccccc3)cc(=[NH+]c3ccc(F)cc3)c2c1.[O-][Cl+3]([O-])([O-])[O-]. The van der Waals surface area contributed by atoms with Crippen LogP contribution in [0.5, 0.6) is 5.75 Å². The molecule has 0 atom stereocenters. The molecular weight excluding hydrogens is 417 g/mol. The number of halogens is 2. The highest BCUT2D eigenvalue weighted by molar-refractivity contribution is 5.79. The highest BCUT2D eigenvalue weighted by Crippen LogP contribution is 2.23. The zero-order valence-electron chi connectivity index (χ0n) is 15.2. The third-order valence-corrected chi connectivity index (χ3v) is 3.93. The minimum Gasteiger partial charge on any atom is -0.508 e. The highest BCUT2D eigenvalue weighted by atomic mass is 35.7. The Bertz CT molecular complexity index is 1200. The van der Waals surface area contributed by atoms with Crippen LogP contribution in [0.3, 0.4) is 0 Å². The van der Waals surface area contributed by atoms with Gasteiger partial charge >= 0.3 is 0 Å². The predicted molar refractivity (Wildman–Crippen MR) is 93.5 cm³/mol. The number of aromatic hydroxyl groups is 1. The van der Waals surface area contributed by atoms with E-state index in [0.717, 1.165) is 22.0 Å². The molecule has 0 fully saturated rings. The van der Waals surface area contributed by atoms with Crippen LogP contribution >= 0.6 is 0 Å². The fraction of sp³-hybridized carbons (Fsp3) is 0. The zero-order valence-corrected chi connectivity index (χ0v) is 16.0. The molecule has 9 heteroatoms. The molecule has 0 saturated heterocycles. The summed E-state index contributed by atoms with van der Waals surface area (Å²) in [6.45, 7) is 0. The number of phenolic OH excluding ortho intramolecular Hbond substituents is 1. The largest absolute Gasteiger partial charge is 0.508 e. The van der Waals surface area contributed by atoms with Gasteiger partial charge in [0, 0.05) is 17.7 Å². The van der Waals surface area contributed by atoms with Gasteiger partial charge in [0.15, 0.2) is 0 Å². The van der Waals surface area contributed by atoms with Crippen LogP contribution in [0.2, 0.25) is 0 Å². The molecule has 30 heavy (non-hydrogen) atoms. The van der Waals surface area contributed by atoms with E-state index in [0.29, 0.717) is 11.3 Å². The van der Waals surface area contributed by atoms with E-state index >= 15 is 0 Å². The number of rotatable bonds is 2. The molecule has 3 aromatic carbocycles. The summed E-state index contributed by atoms with van der Waals surface area (Å²) >= 11 is 0. The molecule has 0 spiro atoms. The highest BCUT2D eigenvalue weighted by Gasteiger charge is 2.10. The Balaban J connectivity index is 0.000000461. The van der Waals surface area contributed by atoms with Crippen LogP contribution in [0.15, 0.2) is 83.3 Å². The first kappa shape index (κ1) is 21.4.